The topological polar surface area (TPSA) is 43.1 Å². The minimum Gasteiger partial charge on any atom is -0.396 e. The molecule has 4 heteroatoms. The van der Waals surface area contributed by atoms with E-state index in [0.29, 0.717) is 0 Å². The Labute approximate surface area is 122 Å². The molecule has 21 heavy (non-hydrogen) atoms. The van der Waals surface area contributed by atoms with Crippen molar-refractivity contribution in [1.82, 2.24) is 0 Å². The molecule has 0 aliphatic rings. The summed E-state index contributed by atoms with van der Waals surface area (Å²) in [5, 5.41) is 0. The molecule has 2 N–H and O–H groups in total. The average Bonchev–Trinajstić information content (AvgIpc) is 2.42. The van der Waals surface area contributed by atoms with E-state index in [1.807, 2.05) is 20.8 Å². The predicted molar refractivity (Wildman–Crippen MR) is 79.3 cm³/mol. The van der Waals surface area contributed by atoms with Crippen LogP contribution in [0.5, 0.6) is 0 Å². The van der Waals surface area contributed by atoms with Crippen molar-refractivity contribution in [3.05, 3.63) is 64.7 Å². The van der Waals surface area contributed by atoms with E-state index in [2.05, 4.69) is 0 Å². The maximum Gasteiger partial charge on any atom is 0.199 e. The van der Waals surface area contributed by atoms with E-state index in [-0.39, 0.29) is 16.7 Å². The molecule has 0 heterocycles. The van der Waals surface area contributed by atoms with Crippen molar-refractivity contribution in [2.75, 3.05) is 5.73 Å². The summed E-state index contributed by atoms with van der Waals surface area (Å²) >= 11 is 0. The third kappa shape index (κ3) is 2.94. The van der Waals surface area contributed by atoms with Gasteiger partial charge in [0.25, 0.3) is 0 Å². The van der Waals surface area contributed by atoms with Crippen molar-refractivity contribution in [2.24, 2.45) is 0 Å². The molecule has 0 aromatic heterocycles. The van der Waals surface area contributed by atoms with Gasteiger partial charge in [-0.3, -0.25) is 4.79 Å². The molecule has 0 atom stereocenters. The highest BCUT2D eigenvalue weighted by Gasteiger charge is 2.21. The molecule has 0 aliphatic carbocycles. The van der Waals surface area contributed by atoms with Crippen LogP contribution in [0.3, 0.4) is 0 Å². The first-order valence-corrected chi connectivity index (χ1v) is 6.60. The summed E-state index contributed by atoms with van der Waals surface area (Å²) < 4.78 is 27.6. The molecular weight excluding hydrogens is 272 g/mol. The van der Waals surface area contributed by atoms with Gasteiger partial charge in [0.15, 0.2) is 11.6 Å². The van der Waals surface area contributed by atoms with Gasteiger partial charge in [-0.15, -0.1) is 0 Å². The number of halogens is 2. The Morgan fingerprint density at radius 2 is 1.57 bits per heavy atom. The van der Waals surface area contributed by atoms with Crippen LogP contribution in [0.15, 0.2) is 36.4 Å². The molecule has 110 valence electrons. The van der Waals surface area contributed by atoms with Gasteiger partial charge in [-0.25, -0.2) is 8.78 Å². The second-order valence-corrected chi connectivity index (χ2v) is 5.98. The standard InChI is InChI=1S/C17H17F2NO/c1-17(2,3)11-6-4-10(5-7-11)16(21)14-12(18)8-9-13(20)15(14)19/h4-9H,20H2,1-3H3. The first kappa shape index (κ1) is 15.2. The number of carbonyl (C=O) groups is 1. The average molecular weight is 289 g/mol. The first-order chi connectivity index (χ1) is 9.71. The Morgan fingerprint density at radius 1 is 1.00 bits per heavy atom. The fourth-order valence-corrected chi connectivity index (χ4v) is 2.04. The number of anilines is 1. The van der Waals surface area contributed by atoms with Crippen LogP contribution >= 0.6 is 0 Å². The Morgan fingerprint density at radius 3 is 2.10 bits per heavy atom. The van der Waals surface area contributed by atoms with Gasteiger partial charge in [0.05, 0.1) is 11.3 Å². The molecule has 0 unspecified atom stereocenters. The number of benzene rings is 2. The Hall–Kier alpha value is -2.23. The zero-order chi connectivity index (χ0) is 15.8. The lowest BCUT2D eigenvalue weighted by Crippen LogP contribution is -2.13. The van der Waals surface area contributed by atoms with Crippen molar-refractivity contribution in [3.63, 3.8) is 0 Å². The molecule has 0 saturated carbocycles. The lowest BCUT2D eigenvalue weighted by Gasteiger charge is -2.19. The minimum atomic E-state index is -1.01. The summed E-state index contributed by atoms with van der Waals surface area (Å²) in [7, 11) is 0. The second-order valence-electron chi connectivity index (χ2n) is 5.98. The largest absolute Gasteiger partial charge is 0.396 e. The van der Waals surface area contributed by atoms with Gasteiger partial charge in [0.2, 0.25) is 0 Å². The molecule has 2 aromatic carbocycles. The Balaban J connectivity index is 2.44. The SMILES string of the molecule is CC(C)(C)c1ccc(C(=O)c2c(F)ccc(N)c2F)cc1. The van der Waals surface area contributed by atoms with E-state index < -0.39 is 23.0 Å². The molecule has 0 saturated heterocycles. The number of nitrogen functional groups attached to an aromatic ring is 1. The van der Waals surface area contributed by atoms with Gasteiger partial charge >= 0.3 is 0 Å². The van der Waals surface area contributed by atoms with Crippen molar-refractivity contribution in [1.29, 1.82) is 0 Å². The van der Waals surface area contributed by atoms with Crippen molar-refractivity contribution >= 4 is 11.5 Å². The number of rotatable bonds is 2. The fraction of sp³-hybridized carbons (Fsp3) is 0.235. The van der Waals surface area contributed by atoms with Crippen LogP contribution in [0.2, 0.25) is 0 Å². The predicted octanol–water partition coefficient (Wildman–Crippen LogP) is 4.08. The molecule has 0 radical (unpaired) electrons. The first-order valence-electron chi connectivity index (χ1n) is 6.60. The molecule has 0 fully saturated rings. The van der Waals surface area contributed by atoms with Crippen LogP contribution in [0.4, 0.5) is 14.5 Å². The van der Waals surface area contributed by atoms with Crippen LogP contribution < -0.4 is 5.73 Å². The molecule has 0 aliphatic heterocycles. The van der Waals surface area contributed by atoms with Gasteiger partial charge in [-0.1, -0.05) is 45.0 Å². The van der Waals surface area contributed by atoms with Crippen LogP contribution in [-0.2, 0) is 5.41 Å². The summed E-state index contributed by atoms with van der Waals surface area (Å²) in [6.45, 7) is 6.13. The quantitative estimate of drug-likeness (QED) is 0.669. The molecule has 2 rings (SSSR count). The molecule has 2 aromatic rings. The highest BCUT2D eigenvalue weighted by Crippen LogP contribution is 2.25. The normalized spacial score (nSPS) is 11.5. The third-order valence-corrected chi connectivity index (χ3v) is 3.36. The highest BCUT2D eigenvalue weighted by molar-refractivity contribution is 6.09. The van der Waals surface area contributed by atoms with E-state index in [9.17, 15) is 13.6 Å². The third-order valence-electron chi connectivity index (χ3n) is 3.36. The second kappa shape index (κ2) is 5.28. The number of hydrogen-bond acceptors (Lipinski definition) is 2. The lowest BCUT2D eigenvalue weighted by atomic mass is 9.86. The molecule has 0 spiro atoms. The summed E-state index contributed by atoms with van der Waals surface area (Å²) in [5.74, 6) is -2.63. The van der Waals surface area contributed by atoms with Gasteiger partial charge in [0.1, 0.15) is 5.82 Å². The van der Waals surface area contributed by atoms with Crippen molar-refractivity contribution in [3.8, 4) is 0 Å². The molecule has 0 amide bonds. The summed E-state index contributed by atoms with van der Waals surface area (Å²) in [4.78, 5) is 12.3. The number of carbonyl (C=O) groups excluding carboxylic acids is 1. The number of ketones is 1. The Bertz CT molecular complexity index is 685. The van der Waals surface area contributed by atoms with E-state index in [4.69, 9.17) is 5.73 Å². The maximum absolute atomic E-state index is 13.9. The monoisotopic (exact) mass is 289 g/mol. The van der Waals surface area contributed by atoms with Crippen LogP contribution in [0.25, 0.3) is 0 Å². The summed E-state index contributed by atoms with van der Waals surface area (Å²) in [6, 6.07) is 8.82. The highest BCUT2D eigenvalue weighted by atomic mass is 19.1. The molecule has 0 bridgehead atoms. The maximum atomic E-state index is 13.9. The number of hydrogen-bond donors (Lipinski definition) is 1. The number of nitrogens with two attached hydrogens (primary N) is 1. The molecular formula is C17H17F2NO. The van der Waals surface area contributed by atoms with E-state index in [1.54, 1.807) is 24.3 Å². The van der Waals surface area contributed by atoms with Gasteiger partial charge in [-0.05, 0) is 23.1 Å². The van der Waals surface area contributed by atoms with Gasteiger partial charge in [0, 0.05) is 5.56 Å². The van der Waals surface area contributed by atoms with Crippen LogP contribution in [0.1, 0.15) is 42.3 Å². The van der Waals surface area contributed by atoms with Gasteiger partial charge < -0.3 is 5.73 Å². The van der Waals surface area contributed by atoms with Crippen LogP contribution in [-0.4, -0.2) is 5.78 Å². The Kier molecular flexibility index (Phi) is 3.81. The van der Waals surface area contributed by atoms with E-state index in [1.165, 1.54) is 0 Å². The van der Waals surface area contributed by atoms with Crippen molar-refractivity contribution in [2.45, 2.75) is 26.2 Å². The smallest absolute Gasteiger partial charge is 0.199 e. The van der Waals surface area contributed by atoms with Crippen LogP contribution in [0, 0.1) is 11.6 Å². The minimum absolute atomic E-state index is 0.0603. The molecule has 2 nitrogen and oxygen atoms in total. The summed E-state index contributed by atoms with van der Waals surface area (Å²) in [5.41, 5.74) is 5.74. The summed E-state index contributed by atoms with van der Waals surface area (Å²) in [6.07, 6.45) is 0. The zero-order valence-electron chi connectivity index (χ0n) is 12.2. The fourth-order valence-electron chi connectivity index (χ4n) is 2.04. The van der Waals surface area contributed by atoms with Gasteiger partial charge in [-0.2, -0.15) is 0 Å². The lowest BCUT2D eigenvalue weighted by molar-refractivity contribution is 0.103. The zero-order valence-corrected chi connectivity index (χ0v) is 12.2. The van der Waals surface area contributed by atoms with E-state index >= 15 is 0 Å². The van der Waals surface area contributed by atoms with Crippen molar-refractivity contribution < 1.29 is 13.6 Å². The van der Waals surface area contributed by atoms with E-state index in [0.717, 1.165) is 17.7 Å².